The summed E-state index contributed by atoms with van der Waals surface area (Å²) < 4.78 is 52.0. The lowest BCUT2D eigenvalue weighted by molar-refractivity contribution is -0.140. The lowest BCUT2D eigenvalue weighted by atomic mass is 10.2. The van der Waals surface area contributed by atoms with Crippen molar-refractivity contribution in [2.24, 2.45) is 7.05 Å². The van der Waals surface area contributed by atoms with Crippen molar-refractivity contribution in [2.45, 2.75) is 6.18 Å². The molecule has 2 rings (SSSR count). The fourth-order valence-corrected chi connectivity index (χ4v) is 1.89. The molecule has 1 aromatic carbocycles. The topological polar surface area (TPSA) is 17.8 Å². The van der Waals surface area contributed by atoms with Crippen molar-refractivity contribution in [3.05, 3.63) is 40.4 Å². The van der Waals surface area contributed by atoms with E-state index in [9.17, 15) is 17.6 Å². The number of hydrogen-bond donors (Lipinski definition) is 0. The van der Waals surface area contributed by atoms with Gasteiger partial charge in [0.15, 0.2) is 5.69 Å². The van der Waals surface area contributed by atoms with E-state index < -0.39 is 17.7 Å². The summed E-state index contributed by atoms with van der Waals surface area (Å²) in [5, 5.41) is 0. The Morgan fingerprint density at radius 1 is 1.28 bits per heavy atom. The Balaban J connectivity index is 2.51. The van der Waals surface area contributed by atoms with Gasteiger partial charge in [-0.3, -0.25) is 0 Å². The third kappa shape index (κ3) is 2.40. The molecule has 0 spiro atoms. The molecule has 0 amide bonds. The number of aromatic nitrogens is 2. The second-order valence-corrected chi connectivity index (χ2v) is 4.54. The van der Waals surface area contributed by atoms with Gasteiger partial charge in [-0.2, -0.15) is 13.2 Å². The van der Waals surface area contributed by atoms with Gasteiger partial charge in [0.25, 0.3) is 0 Å². The molecule has 2 nitrogen and oxygen atoms in total. The van der Waals surface area contributed by atoms with Gasteiger partial charge < -0.3 is 4.57 Å². The monoisotopic (exact) mass is 322 g/mol. The van der Waals surface area contributed by atoms with Crippen molar-refractivity contribution >= 4 is 15.9 Å². The predicted molar refractivity (Wildman–Crippen MR) is 61.3 cm³/mol. The zero-order chi connectivity index (χ0) is 13.5. The minimum atomic E-state index is -4.49. The van der Waals surface area contributed by atoms with Crippen LogP contribution in [-0.2, 0) is 13.2 Å². The number of nitrogens with zero attached hydrogens (tertiary/aromatic N) is 2. The minimum Gasteiger partial charge on any atom is -0.333 e. The van der Waals surface area contributed by atoms with Crippen LogP contribution in [0.2, 0.25) is 0 Å². The Hall–Kier alpha value is -1.37. The third-order valence-corrected chi connectivity index (χ3v) is 2.95. The molecule has 0 N–H and O–H groups in total. The van der Waals surface area contributed by atoms with Crippen LogP contribution in [0.25, 0.3) is 11.4 Å². The van der Waals surface area contributed by atoms with Crippen molar-refractivity contribution in [1.29, 1.82) is 0 Å². The zero-order valence-electron chi connectivity index (χ0n) is 9.09. The zero-order valence-corrected chi connectivity index (χ0v) is 10.7. The SMILES string of the molecule is Cn1cc(C(F)(F)F)nc1-c1ccc(F)c(Br)c1. The molecule has 0 bridgehead atoms. The van der Waals surface area contributed by atoms with Crippen molar-refractivity contribution in [1.82, 2.24) is 9.55 Å². The summed E-state index contributed by atoms with van der Waals surface area (Å²) >= 11 is 2.98. The lowest BCUT2D eigenvalue weighted by Crippen LogP contribution is -2.04. The minimum absolute atomic E-state index is 0.128. The van der Waals surface area contributed by atoms with Gasteiger partial charge in [-0.05, 0) is 34.1 Å². The molecule has 1 aromatic heterocycles. The first-order chi connectivity index (χ1) is 8.29. The number of aryl methyl sites for hydroxylation is 1. The molecule has 0 atom stereocenters. The van der Waals surface area contributed by atoms with E-state index in [4.69, 9.17) is 0 Å². The Morgan fingerprint density at radius 2 is 1.94 bits per heavy atom. The fraction of sp³-hybridized carbons (Fsp3) is 0.182. The van der Waals surface area contributed by atoms with Gasteiger partial charge in [0, 0.05) is 18.8 Å². The first-order valence-corrected chi connectivity index (χ1v) is 5.64. The maximum atomic E-state index is 13.1. The van der Waals surface area contributed by atoms with Crippen LogP contribution < -0.4 is 0 Å². The quantitative estimate of drug-likeness (QED) is 0.725. The van der Waals surface area contributed by atoms with E-state index in [1.54, 1.807) is 0 Å². The highest BCUT2D eigenvalue weighted by Gasteiger charge is 2.34. The third-order valence-electron chi connectivity index (χ3n) is 2.34. The predicted octanol–water partition coefficient (Wildman–Crippen LogP) is 4.01. The molecule has 0 fully saturated rings. The average molecular weight is 323 g/mol. The van der Waals surface area contributed by atoms with Crippen LogP contribution in [-0.4, -0.2) is 9.55 Å². The van der Waals surface area contributed by atoms with Crippen molar-refractivity contribution in [3.8, 4) is 11.4 Å². The molecule has 18 heavy (non-hydrogen) atoms. The number of rotatable bonds is 1. The van der Waals surface area contributed by atoms with Gasteiger partial charge in [-0.25, -0.2) is 9.37 Å². The van der Waals surface area contributed by atoms with Crippen molar-refractivity contribution < 1.29 is 17.6 Å². The highest BCUT2D eigenvalue weighted by molar-refractivity contribution is 9.10. The molecule has 0 aliphatic rings. The summed E-state index contributed by atoms with van der Waals surface area (Å²) in [6.45, 7) is 0. The van der Waals surface area contributed by atoms with E-state index >= 15 is 0 Å². The Labute approximate surface area is 108 Å². The highest BCUT2D eigenvalue weighted by atomic mass is 79.9. The largest absolute Gasteiger partial charge is 0.434 e. The lowest BCUT2D eigenvalue weighted by Gasteiger charge is -2.02. The number of alkyl halides is 3. The van der Waals surface area contributed by atoms with Crippen LogP contribution >= 0.6 is 15.9 Å². The fourth-order valence-electron chi connectivity index (χ4n) is 1.51. The maximum absolute atomic E-state index is 13.1. The summed E-state index contributed by atoms with van der Waals surface area (Å²) in [7, 11) is 1.45. The summed E-state index contributed by atoms with van der Waals surface area (Å²) in [6, 6.07) is 3.93. The average Bonchev–Trinajstić information content (AvgIpc) is 2.64. The summed E-state index contributed by atoms with van der Waals surface area (Å²) in [6.07, 6.45) is -3.60. The summed E-state index contributed by atoms with van der Waals surface area (Å²) in [4.78, 5) is 3.52. The molecule has 0 radical (unpaired) electrons. The van der Waals surface area contributed by atoms with E-state index in [0.717, 1.165) is 6.20 Å². The summed E-state index contributed by atoms with van der Waals surface area (Å²) in [5.41, 5.74) is -0.568. The van der Waals surface area contributed by atoms with Gasteiger partial charge in [0.1, 0.15) is 11.6 Å². The number of imidazole rings is 1. The van der Waals surface area contributed by atoms with Gasteiger partial charge in [0.2, 0.25) is 0 Å². The Bertz CT molecular complexity index is 589. The van der Waals surface area contributed by atoms with Gasteiger partial charge in [-0.1, -0.05) is 0 Å². The van der Waals surface area contributed by atoms with Crippen LogP contribution in [0.1, 0.15) is 5.69 Å². The first-order valence-electron chi connectivity index (χ1n) is 4.85. The molecule has 0 saturated heterocycles. The Kier molecular flexibility index (Phi) is 3.18. The van der Waals surface area contributed by atoms with E-state index in [0.29, 0.717) is 5.56 Å². The van der Waals surface area contributed by atoms with Crippen LogP contribution in [0.5, 0.6) is 0 Å². The molecular weight excluding hydrogens is 316 g/mol. The van der Waals surface area contributed by atoms with E-state index in [2.05, 4.69) is 20.9 Å². The standard InChI is InChI=1S/C11H7BrF4N2/c1-18-5-9(11(14,15)16)17-10(18)6-2-3-8(13)7(12)4-6/h2-5H,1H3. The summed E-state index contributed by atoms with van der Waals surface area (Å²) in [5.74, 6) is -0.355. The maximum Gasteiger partial charge on any atom is 0.434 e. The molecule has 7 heteroatoms. The molecule has 0 unspecified atom stereocenters. The normalized spacial score (nSPS) is 11.9. The first kappa shape index (κ1) is 13.1. The van der Waals surface area contributed by atoms with Gasteiger partial charge in [-0.15, -0.1) is 0 Å². The number of benzene rings is 1. The smallest absolute Gasteiger partial charge is 0.333 e. The molecule has 0 saturated carbocycles. The number of halogens is 5. The second kappa shape index (κ2) is 4.38. The highest BCUT2D eigenvalue weighted by Crippen LogP contribution is 2.31. The van der Waals surface area contributed by atoms with Crippen LogP contribution in [0, 0.1) is 5.82 Å². The van der Waals surface area contributed by atoms with Gasteiger partial charge >= 0.3 is 6.18 Å². The van der Waals surface area contributed by atoms with Crippen LogP contribution in [0.4, 0.5) is 17.6 Å². The molecule has 1 heterocycles. The number of hydrogen-bond acceptors (Lipinski definition) is 1. The van der Waals surface area contributed by atoms with Crippen LogP contribution in [0.15, 0.2) is 28.9 Å². The molecule has 2 aromatic rings. The van der Waals surface area contributed by atoms with Crippen molar-refractivity contribution in [2.75, 3.05) is 0 Å². The van der Waals surface area contributed by atoms with Crippen molar-refractivity contribution in [3.63, 3.8) is 0 Å². The van der Waals surface area contributed by atoms with Crippen LogP contribution in [0.3, 0.4) is 0 Å². The molecule has 0 aliphatic carbocycles. The second-order valence-electron chi connectivity index (χ2n) is 3.69. The van der Waals surface area contributed by atoms with E-state index in [1.807, 2.05) is 0 Å². The molecule has 96 valence electrons. The van der Waals surface area contributed by atoms with E-state index in [-0.39, 0.29) is 10.3 Å². The van der Waals surface area contributed by atoms with Gasteiger partial charge in [0.05, 0.1) is 4.47 Å². The van der Waals surface area contributed by atoms with E-state index in [1.165, 1.54) is 29.8 Å². The molecule has 0 aliphatic heterocycles. The molecular formula is C11H7BrF4N2. The Morgan fingerprint density at radius 3 is 2.44 bits per heavy atom.